The van der Waals surface area contributed by atoms with Crippen molar-refractivity contribution >= 4 is 22.7 Å². The van der Waals surface area contributed by atoms with E-state index in [1.165, 1.54) is 9.75 Å². The van der Waals surface area contributed by atoms with Gasteiger partial charge >= 0.3 is 0 Å². The molecule has 0 amide bonds. The second-order valence-electron chi connectivity index (χ2n) is 3.82. The number of thiophene rings is 2. The number of hydrogen-bond donors (Lipinski definition) is 1. The summed E-state index contributed by atoms with van der Waals surface area (Å²) in [6.07, 6.45) is 1.67. The van der Waals surface area contributed by atoms with Gasteiger partial charge in [0.1, 0.15) is 5.76 Å². The quantitative estimate of drug-likeness (QED) is 0.772. The molecule has 3 aromatic rings. The Hall–Kier alpha value is -1.43. The van der Waals surface area contributed by atoms with Gasteiger partial charge in [-0.25, -0.2) is 0 Å². The molecule has 0 fully saturated rings. The molecule has 0 radical (unpaired) electrons. The maximum absolute atomic E-state index is 5.11. The molecule has 3 rings (SSSR count). The second-order valence-corrected chi connectivity index (χ2v) is 5.78. The highest BCUT2D eigenvalue weighted by atomic mass is 32.1. The molecule has 0 saturated heterocycles. The highest BCUT2D eigenvalue weighted by molar-refractivity contribution is 7.11. The first-order chi connectivity index (χ1) is 8.93. The summed E-state index contributed by atoms with van der Waals surface area (Å²) < 4.78 is 5.11. The molecule has 18 heavy (non-hydrogen) atoms. The maximum Gasteiger partial charge on any atom is 0.150 e. The smallest absolute Gasteiger partial charge is 0.150 e. The van der Waals surface area contributed by atoms with Crippen molar-refractivity contribution in [1.29, 1.82) is 0 Å². The van der Waals surface area contributed by atoms with Crippen LogP contribution in [0.3, 0.4) is 0 Å². The third kappa shape index (κ3) is 2.53. The third-order valence-electron chi connectivity index (χ3n) is 2.63. The van der Waals surface area contributed by atoms with Crippen LogP contribution in [0.25, 0.3) is 0 Å². The van der Waals surface area contributed by atoms with Gasteiger partial charge in [-0.15, -0.1) is 22.7 Å². The SMILES string of the molecule is c1csc(C(NCc2ccno2)c2cccs2)c1. The van der Waals surface area contributed by atoms with Crippen molar-refractivity contribution in [3.8, 4) is 0 Å². The zero-order chi connectivity index (χ0) is 12.2. The molecule has 92 valence electrons. The highest BCUT2D eigenvalue weighted by Crippen LogP contribution is 2.29. The molecule has 0 aromatic carbocycles. The van der Waals surface area contributed by atoms with Crippen LogP contribution in [0.15, 0.2) is 51.8 Å². The average Bonchev–Trinajstić information content (AvgIpc) is 3.14. The minimum atomic E-state index is 0.232. The second kappa shape index (κ2) is 5.48. The molecular weight excluding hydrogens is 264 g/mol. The van der Waals surface area contributed by atoms with Crippen LogP contribution in [0.5, 0.6) is 0 Å². The Labute approximate surface area is 113 Å². The molecule has 3 nitrogen and oxygen atoms in total. The van der Waals surface area contributed by atoms with Gasteiger partial charge < -0.3 is 4.52 Å². The zero-order valence-electron chi connectivity index (χ0n) is 9.58. The number of rotatable bonds is 5. The Balaban J connectivity index is 1.78. The Morgan fingerprint density at radius 1 is 1.11 bits per heavy atom. The molecule has 3 aromatic heterocycles. The van der Waals surface area contributed by atoms with E-state index in [1.54, 1.807) is 28.9 Å². The van der Waals surface area contributed by atoms with Crippen LogP contribution in [0.4, 0.5) is 0 Å². The monoisotopic (exact) mass is 276 g/mol. The Kier molecular flexibility index (Phi) is 3.54. The lowest BCUT2D eigenvalue weighted by Gasteiger charge is -2.14. The van der Waals surface area contributed by atoms with Crippen LogP contribution in [0, 0.1) is 0 Å². The van der Waals surface area contributed by atoms with E-state index in [1.807, 2.05) is 6.07 Å². The Morgan fingerprint density at radius 2 is 1.83 bits per heavy atom. The lowest BCUT2D eigenvalue weighted by molar-refractivity contribution is 0.369. The Morgan fingerprint density at radius 3 is 2.33 bits per heavy atom. The summed E-state index contributed by atoms with van der Waals surface area (Å²) in [5.74, 6) is 0.855. The van der Waals surface area contributed by atoms with Gasteiger partial charge in [-0.1, -0.05) is 17.3 Å². The van der Waals surface area contributed by atoms with Crippen molar-refractivity contribution in [3.63, 3.8) is 0 Å². The molecule has 0 aliphatic rings. The van der Waals surface area contributed by atoms with Crippen LogP contribution in [-0.4, -0.2) is 5.16 Å². The molecular formula is C13H12N2OS2. The molecule has 0 unspecified atom stereocenters. The predicted molar refractivity (Wildman–Crippen MR) is 73.8 cm³/mol. The number of aromatic nitrogens is 1. The van der Waals surface area contributed by atoms with Gasteiger partial charge in [0.2, 0.25) is 0 Å². The molecule has 0 aliphatic carbocycles. The summed E-state index contributed by atoms with van der Waals surface area (Å²) in [7, 11) is 0. The molecule has 3 heterocycles. The lowest BCUT2D eigenvalue weighted by Crippen LogP contribution is -2.20. The molecule has 0 aliphatic heterocycles. The molecule has 0 atom stereocenters. The van der Waals surface area contributed by atoms with E-state index >= 15 is 0 Å². The van der Waals surface area contributed by atoms with E-state index in [2.05, 4.69) is 45.5 Å². The van der Waals surface area contributed by atoms with Gasteiger partial charge in [-0.05, 0) is 22.9 Å². The molecule has 0 saturated carbocycles. The van der Waals surface area contributed by atoms with E-state index in [0.717, 1.165) is 5.76 Å². The summed E-state index contributed by atoms with van der Waals surface area (Å²) in [6, 6.07) is 10.6. The maximum atomic E-state index is 5.11. The highest BCUT2D eigenvalue weighted by Gasteiger charge is 2.16. The normalized spacial score (nSPS) is 11.2. The van der Waals surface area contributed by atoms with Crippen LogP contribution < -0.4 is 5.32 Å². The fraction of sp³-hybridized carbons (Fsp3) is 0.154. The minimum Gasteiger partial charge on any atom is -0.360 e. The summed E-state index contributed by atoms with van der Waals surface area (Å²) >= 11 is 3.53. The minimum absolute atomic E-state index is 0.232. The van der Waals surface area contributed by atoms with Gasteiger partial charge in [0.25, 0.3) is 0 Å². The van der Waals surface area contributed by atoms with E-state index < -0.39 is 0 Å². The van der Waals surface area contributed by atoms with Crippen molar-refractivity contribution < 1.29 is 4.52 Å². The first-order valence-corrected chi connectivity index (χ1v) is 7.39. The summed E-state index contributed by atoms with van der Waals surface area (Å²) in [4.78, 5) is 2.63. The predicted octanol–water partition coefficient (Wildman–Crippen LogP) is 3.68. The Bertz CT molecular complexity index is 524. The summed E-state index contributed by atoms with van der Waals surface area (Å²) in [5, 5.41) is 11.4. The summed E-state index contributed by atoms with van der Waals surface area (Å²) in [6.45, 7) is 0.681. The molecule has 0 bridgehead atoms. The number of hydrogen-bond acceptors (Lipinski definition) is 5. The van der Waals surface area contributed by atoms with Crippen molar-refractivity contribution in [2.24, 2.45) is 0 Å². The standard InChI is InChI=1S/C13H12N2OS2/c1-3-11(17-7-1)13(12-4-2-8-18-12)14-9-10-5-6-15-16-10/h1-8,13-14H,9H2. The molecule has 5 heteroatoms. The fourth-order valence-corrected chi connectivity index (χ4v) is 3.50. The first-order valence-electron chi connectivity index (χ1n) is 5.63. The van der Waals surface area contributed by atoms with Crippen LogP contribution in [-0.2, 0) is 6.54 Å². The lowest BCUT2D eigenvalue weighted by atomic mass is 10.2. The van der Waals surface area contributed by atoms with Crippen LogP contribution >= 0.6 is 22.7 Å². The van der Waals surface area contributed by atoms with E-state index in [-0.39, 0.29) is 6.04 Å². The van der Waals surface area contributed by atoms with Crippen molar-refractivity contribution in [1.82, 2.24) is 10.5 Å². The van der Waals surface area contributed by atoms with Crippen molar-refractivity contribution in [2.45, 2.75) is 12.6 Å². The van der Waals surface area contributed by atoms with Gasteiger partial charge in [-0.3, -0.25) is 5.32 Å². The fourth-order valence-electron chi connectivity index (χ4n) is 1.79. The van der Waals surface area contributed by atoms with Crippen molar-refractivity contribution in [3.05, 3.63) is 62.8 Å². The van der Waals surface area contributed by atoms with Crippen molar-refractivity contribution in [2.75, 3.05) is 0 Å². The number of nitrogens with zero attached hydrogens (tertiary/aromatic N) is 1. The van der Waals surface area contributed by atoms with Crippen LogP contribution in [0.2, 0.25) is 0 Å². The van der Waals surface area contributed by atoms with E-state index in [4.69, 9.17) is 4.52 Å². The number of nitrogens with one attached hydrogen (secondary N) is 1. The molecule has 0 spiro atoms. The average molecular weight is 276 g/mol. The van der Waals surface area contributed by atoms with Gasteiger partial charge in [0.05, 0.1) is 18.8 Å². The van der Waals surface area contributed by atoms with E-state index in [9.17, 15) is 0 Å². The van der Waals surface area contributed by atoms with Gasteiger partial charge in [-0.2, -0.15) is 0 Å². The third-order valence-corrected chi connectivity index (χ3v) is 4.50. The van der Waals surface area contributed by atoms with Crippen LogP contribution in [0.1, 0.15) is 21.6 Å². The van der Waals surface area contributed by atoms with E-state index in [0.29, 0.717) is 6.54 Å². The van der Waals surface area contributed by atoms with Gasteiger partial charge in [0, 0.05) is 15.8 Å². The summed E-state index contributed by atoms with van der Waals surface area (Å²) in [5.41, 5.74) is 0. The molecule has 1 N–H and O–H groups in total. The first kappa shape index (κ1) is 11.6. The van der Waals surface area contributed by atoms with Gasteiger partial charge in [0.15, 0.2) is 0 Å². The topological polar surface area (TPSA) is 38.1 Å². The largest absolute Gasteiger partial charge is 0.360 e. The zero-order valence-corrected chi connectivity index (χ0v) is 11.2.